The van der Waals surface area contributed by atoms with Gasteiger partial charge in [0.15, 0.2) is 6.10 Å². The van der Waals surface area contributed by atoms with E-state index in [4.69, 9.17) is 21.1 Å². The van der Waals surface area contributed by atoms with Crippen molar-refractivity contribution in [3.05, 3.63) is 23.2 Å². The van der Waals surface area contributed by atoms with Crippen molar-refractivity contribution in [2.24, 2.45) is 0 Å². The summed E-state index contributed by atoms with van der Waals surface area (Å²) in [5.41, 5.74) is 0. The molecule has 1 atom stereocenters. The van der Waals surface area contributed by atoms with Gasteiger partial charge in [0.1, 0.15) is 5.75 Å². The lowest BCUT2D eigenvalue weighted by atomic mass is 10.3. The lowest BCUT2D eigenvalue weighted by molar-refractivity contribution is -0.126. The lowest BCUT2D eigenvalue weighted by Gasteiger charge is -2.26. The Balaban J connectivity index is 2.07. The topological polar surface area (TPSA) is 114 Å². The highest BCUT2D eigenvalue weighted by Crippen LogP contribution is 2.29. The molecule has 1 heterocycles. The normalized spacial score (nSPS) is 16.4. The Labute approximate surface area is 163 Å². The molecule has 0 radical (unpaired) electrons. The number of carbonyl (C=O) groups excluding carboxylic acids is 2. The van der Waals surface area contributed by atoms with Gasteiger partial charge in [-0.25, -0.2) is 13.2 Å². The average Bonchev–Trinajstić information content (AvgIpc) is 2.64. The van der Waals surface area contributed by atoms with Gasteiger partial charge >= 0.3 is 6.03 Å². The molecule has 1 saturated heterocycles. The van der Waals surface area contributed by atoms with Crippen molar-refractivity contribution < 1.29 is 27.5 Å². The molecule has 0 unspecified atom stereocenters. The maximum Gasteiger partial charge on any atom is 0.321 e. The van der Waals surface area contributed by atoms with E-state index in [1.807, 2.05) is 0 Å². The lowest BCUT2D eigenvalue weighted by Crippen LogP contribution is -2.45. The third-order valence-electron chi connectivity index (χ3n) is 3.76. The van der Waals surface area contributed by atoms with Gasteiger partial charge in [-0.3, -0.25) is 10.1 Å². The molecule has 150 valence electrons. The van der Waals surface area contributed by atoms with E-state index in [0.29, 0.717) is 19.8 Å². The van der Waals surface area contributed by atoms with Gasteiger partial charge in [0.2, 0.25) is 10.0 Å². The number of sulfonamides is 1. The molecule has 0 saturated carbocycles. The molecule has 3 amide bonds. The number of nitrogens with one attached hydrogen (secondary N) is 2. The van der Waals surface area contributed by atoms with Gasteiger partial charge in [0, 0.05) is 19.6 Å². The first kappa shape index (κ1) is 21.4. The summed E-state index contributed by atoms with van der Waals surface area (Å²) in [5.74, 6) is -0.516. The number of hydrogen-bond acceptors (Lipinski definition) is 6. The van der Waals surface area contributed by atoms with Crippen LogP contribution in [-0.2, 0) is 19.6 Å². The van der Waals surface area contributed by atoms with Crippen LogP contribution in [-0.4, -0.2) is 63.6 Å². The first-order valence-corrected chi connectivity index (χ1v) is 10.2. The second-order valence-corrected chi connectivity index (χ2v) is 8.06. The van der Waals surface area contributed by atoms with Crippen molar-refractivity contribution in [3.63, 3.8) is 0 Å². The van der Waals surface area contributed by atoms with Gasteiger partial charge in [0.25, 0.3) is 5.91 Å². The molecular weight excluding hydrogens is 398 g/mol. The summed E-state index contributed by atoms with van der Waals surface area (Å²) in [7, 11) is -3.69. The second kappa shape index (κ2) is 9.36. The quantitative estimate of drug-likeness (QED) is 0.710. The van der Waals surface area contributed by atoms with Crippen LogP contribution in [0.2, 0.25) is 5.02 Å². The SMILES string of the molecule is CCNC(=O)NC(=O)[C@H](C)Oc1ccc(S(=O)(=O)N2CCOCC2)cc1Cl. The highest BCUT2D eigenvalue weighted by molar-refractivity contribution is 7.89. The average molecular weight is 420 g/mol. The number of rotatable bonds is 6. The van der Waals surface area contributed by atoms with Crippen molar-refractivity contribution in [1.82, 2.24) is 14.9 Å². The maximum atomic E-state index is 12.6. The van der Waals surface area contributed by atoms with Crippen molar-refractivity contribution >= 4 is 33.6 Å². The number of ether oxygens (including phenoxy) is 2. The smallest absolute Gasteiger partial charge is 0.321 e. The summed E-state index contributed by atoms with van der Waals surface area (Å²) in [6.07, 6.45) is -1.01. The van der Waals surface area contributed by atoms with Gasteiger partial charge in [-0.15, -0.1) is 0 Å². The van der Waals surface area contributed by atoms with Crippen molar-refractivity contribution in [1.29, 1.82) is 0 Å². The minimum atomic E-state index is -3.69. The number of hydrogen-bond donors (Lipinski definition) is 2. The summed E-state index contributed by atoms with van der Waals surface area (Å²) in [5, 5.41) is 4.60. The van der Waals surface area contributed by atoms with Crippen molar-refractivity contribution in [3.8, 4) is 5.75 Å². The van der Waals surface area contributed by atoms with Crippen LogP contribution < -0.4 is 15.4 Å². The largest absolute Gasteiger partial charge is 0.479 e. The van der Waals surface area contributed by atoms with E-state index in [1.54, 1.807) is 6.92 Å². The van der Waals surface area contributed by atoms with Crippen LogP contribution in [0.1, 0.15) is 13.8 Å². The first-order chi connectivity index (χ1) is 12.8. The molecule has 1 aromatic rings. The first-order valence-electron chi connectivity index (χ1n) is 8.38. The van der Waals surface area contributed by atoms with Crippen LogP contribution in [0, 0.1) is 0 Å². The third-order valence-corrected chi connectivity index (χ3v) is 5.95. The highest BCUT2D eigenvalue weighted by Gasteiger charge is 2.27. The number of carbonyl (C=O) groups is 2. The van der Waals surface area contributed by atoms with E-state index in [0.717, 1.165) is 0 Å². The number of urea groups is 1. The van der Waals surface area contributed by atoms with Gasteiger partial charge in [-0.1, -0.05) is 11.6 Å². The fourth-order valence-electron chi connectivity index (χ4n) is 2.34. The van der Waals surface area contributed by atoms with Gasteiger partial charge in [-0.2, -0.15) is 4.31 Å². The molecule has 2 N–H and O–H groups in total. The number of nitrogens with zero attached hydrogens (tertiary/aromatic N) is 1. The predicted molar refractivity (Wildman–Crippen MR) is 98.3 cm³/mol. The molecule has 0 bridgehead atoms. The fourth-order valence-corrected chi connectivity index (χ4v) is 4.06. The van der Waals surface area contributed by atoms with Crippen molar-refractivity contribution in [2.45, 2.75) is 24.8 Å². The Morgan fingerprint density at radius 2 is 2.00 bits per heavy atom. The van der Waals surface area contributed by atoms with Crippen LogP contribution in [0.25, 0.3) is 0 Å². The zero-order chi connectivity index (χ0) is 20.0. The molecule has 1 aliphatic rings. The van der Waals surface area contributed by atoms with Crippen LogP contribution in [0.4, 0.5) is 4.79 Å². The Kier molecular flexibility index (Phi) is 7.42. The predicted octanol–water partition coefficient (Wildman–Crippen LogP) is 0.974. The summed E-state index contributed by atoms with van der Waals surface area (Å²) in [4.78, 5) is 23.3. The van der Waals surface area contributed by atoms with Crippen molar-refractivity contribution in [2.75, 3.05) is 32.8 Å². The van der Waals surface area contributed by atoms with E-state index in [-0.39, 0.29) is 28.8 Å². The number of imide groups is 1. The molecule has 27 heavy (non-hydrogen) atoms. The third kappa shape index (κ3) is 5.55. The molecule has 1 fully saturated rings. The summed E-state index contributed by atoms with van der Waals surface area (Å²) < 4.78 is 37.2. The molecule has 0 spiro atoms. The Morgan fingerprint density at radius 3 is 2.59 bits per heavy atom. The zero-order valence-electron chi connectivity index (χ0n) is 15.0. The summed E-state index contributed by atoms with van der Waals surface area (Å²) in [6, 6.07) is 3.39. The Bertz CT molecular complexity index is 795. The molecule has 0 aromatic heterocycles. The van der Waals surface area contributed by atoms with E-state index in [9.17, 15) is 18.0 Å². The second-order valence-electron chi connectivity index (χ2n) is 5.72. The minimum Gasteiger partial charge on any atom is -0.479 e. The van der Waals surface area contributed by atoms with E-state index in [2.05, 4.69) is 10.6 Å². The van der Waals surface area contributed by atoms with Crippen LogP contribution >= 0.6 is 11.6 Å². The highest BCUT2D eigenvalue weighted by atomic mass is 35.5. The molecule has 1 aliphatic heterocycles. The van der Waals surface area contributed by atoms with Gasteiger partial charge < -0.3 is 14.8 Å². The number of halogens is 1. The number of amides is 3. The monoisotopic (exact) mass is 419 g/mol. The summed E-state index contributed by atoms with van der Waals surface area (Å²) >= 11 is 6.13. The van der Waals surface area contributed by atoms with Gasteiger partial charge in [-0.05, 0) is 32.0 Å². The minimum absolute atomic E-state index is 0.0289. The van der Waals surface area contributed by atoms with E-state index >= 15 is 0 Å². The number of morpholine rings is 1. The maximum absolute atomic E-state index is 12.6. The summed E-state index contributed by atoms with van der Waals surface area (Å²) in [6.45, 7) is 4.77. The zero-order valence-corrected chi connectivity index (χ0v) is 16.6. The molecular formula is C16H22ClN3O6S. The van der Waals surface area contributed by atoms with Crippen LogP contribution in [0.5, 0.6) is 5.75 Å². The van der Waals surface area contributed by atoms with E-state index in [1.165, 1.54) is 29.4 Å². The Hall–Kier alpha value is -1.88. The fraction of sp³-hybridized carbons (Fsp3) is 0.500. The van der Waals surface area contributed by atoms with E-state index < -0.39 is 28.1 Å². The standard InChI is InChI=1S/C16H22ClN3O6S/c1-3-18-16(22)19-15(21)11(2)26-14-5-4-12(10-13(14)17)27(23,24)20-6-8-25-9-7-20/h4-5,10-11H,3,6-9H2,1-2H3,(H2,18,19,21,22)/t11-/m0/s1. The van der Waals surface area contributed by atoms with Crippen LogP contribution in [0.3, 0.4) is 0 Å². The molecule has 9 nitrogen and oxygen atoms in total. The van der Waals surface area contributed by atoms with Crippen LogP contribution in [0.15, 0.2) is 23.1 Å². The van der Waals surface area contributed by atoms with Gasteiger partial charge in [0.05, 0.1) is 23.1 Å². The Morgan fingerprint density at radius 1 is 1.33 bits per heavy atom. The molecule has 1 aromatic carbocycles. The molecule has 0 aliphatic carbocycles. The number of benzene rings is 1. The molecule has 2 rings (SSSR count). The molecule has 11 heteroatoms.